The number of piperidine rings is 1. The fourth-order valence-corrected chi connectivity index (χ4v) is 7.72. The van der Waals surface area contributed by atoms with E-state index >= 15 is 0 Å². The van der Waals surface area contributed by atoms with Gasteiger partial charge in [0.2, 0.25) is 11.9 Å². The Morgan fingerprint density at radius 1 is 1.13 bits per heavy atom. The van der Waals surface area contributed by atoms with E-state index in [9.17, 15) is 23.2 Å². The van der Waals surface area contributed by atoms with E-state index < -0.39 is 12.6 Å². The molecule has 0 aliphatic carbocycles. The van der Waals surface area contributed by atoms with Crippen LogP contribution in [-0.4, -0.2) is 100 Å². The number of hydrogen-bond acceptors (Lipinski definition) is 9. The SMILES string of the molecule is CNc1nc(NC2CCN(Cc3ccc4c(cc(C#N)n4C[C@H](C)N4CCN(C)C(=O)C4)c3C)CC2)c2cc(CC(F)(F)F)sc2n1. The molecule has 1 aromatic carbocycles. The lowest BCUT2D eigenvalue weighted by Crippen LogP contribution is -2.52. The lowest BCUT2D eigenvalue weighted by atomic mass is 10.0. The number of thiophene rings is 1. The van der Waals surface area contributed by atoms with Gasteiger partial charge in [0.1, 0.15) is 22.4 Å². The summed E-state index contributed by atoms with van der Waals surface area (Å²) in [6.07, 6.45) is -3.53. The van der Waals surface area contributed by atoms with Crippen LogP contribution in [0, 0.1) is 18.3 Å². The van der Waals surface area contributed by atoms with Crippen molar-refractivity contribution in [3.05, 3.63) is 46.0 Å². The van der Waals surface area contributed by atoms with Crippen LogP contribution in [0.3, 0.4) is 0 Å². The average molecular weight is 668 g/mol. The molecule has 1 amide bonds. The third-order valence-electron chi connectivity index (χ3n) is 9.50. The number of nitriles is 1. The molecule has 4 aromatic rings. The smallest absolute Gasteiger partial charge is 0.367 e. The van der Waals surface area contributed by atoms with Gasteiger partial charge in [-0.1, -0.05) is 6.07 Å². The van der Waals surface area contributed by atoms with Crippen molar-refractivity contribution in [1.29, 1.82) is 5.26 Å². The third kappa shape index (κ3) is 7.17. The zero-order valence-corrected chi connectivity index (χ0v) is 27.9. The van der Waals surface area contributed by atoms with E-state index in [-0.39, 0.29) is 22.9 Å². The van der Waals surface area contributed by atoms with Gasteiger partial charge < -0.3 is 20.1 Å². The van der Waals surface area contributed by atoms with Crippen LogP contribution < -0.4 is 10.6 Å². The minimum Gasteiger partial charge on any atom is -0.367 e. The number of nitrogens with one attached hydrogen (secondary N) is 2. The van der Waals surface area contributed by atoms with Crippen LogP contribution in [-0.2, 0) is 24.3 Å². The summed E-state index contributed by atoms with van der Waals surface area (Å²) in [6.45, 7) is 9.29. The Labute approximate surface area is 276 Å². The van der Waals surface area contributed by atoms with Crippen LogP contribution >= 0.6 is 11.3 Å². The Morgan fingerprint density at radius 2 is 1.89 bits per heavy atom. The number of carbonyl (C=O) groups excluding carboxylic acids is 1. The molecule has 1 atom stereocenters. The highest BCUT2D eigenvalue weighted by atomic mass is 32.1. The van der Waals surface area contributed by atoms with Gasteiger partial charge >= 0.3 is 6.18 Å². The van der Waals surface area contributed by atoms with Crippen LogP contribution in [0.4, 0.5) is 24.9 Å². The van der Waals surface area contributed by atoms with Crippen molar-refractivity contribution in [1.82, 2.24) is 29.2 Å². The molecule has 2 fully saturated rings. The normalized spacial score (nSPS) is 17.8. The second-order valence-electron chi connectivity index (χ2n) is 12.7. The minimum absolute atomic E-state index is 0.107. The highest BCUT2D eigenvalue weighted by Gasteiger charge is 2.30. The van der Waals surface area contributed by atoms with Crippen molar-refractivity contribution >= 4 is 50.1 Å². The van der Waals surface area contributed by atoms with Crippen LogP contribution in [0.1, 0.15) is 41.5 Å². The fraction of sp³-hybridized carbons (Fsp3) is 0.515. The monoisotopic (exact) mass is 667 g/mol. The van der Waals surface area contributed by atoms with Crippen LogP contribution in [0.15, 0.2) is 24.3 Å². The Balaban J connectivity index is 1.12. The predicted molar refractivity (Wildman–Crippen MR) is 179 cm³/mol. The molecule has 0 radical (unpaired) electrons. The number of halogens is 3. The summed E-state index contributed by atoms with van der Waals surface area (Å²) < 4.78 is 41.3. The van der Waals surface area contributed by atoms with Gasteiger partial charge in [-0.15, -0.1) is 11.3 Å². The first-order valence-electron chi connectivity index (χ1n) is 16.0. The Morgan fingerprint density at radius 3 is 2.57 bits per heavy atom. The Hall–Kier alpha value is -3.93. The molecule has 47 heavy (non-hydrogen) atoms. The molecule has 0 bridgehead atoms. The second-order valence-corrected chi connectivity index (χ2v) is 13.8. The third-order valence-corrected chi connectivity index (χ3v) is 10.5. The van der Waals surface area contributed by atoms with Gasteiger partial charge in [0.05, 0.1) is 18.4 Å². The molecular formula is C33H40F3N9OS. The number of carbonyl (C=O) groups is 1. The van der Waals surface area contributed by atoms with Crippen molar-refractivity contribution in [3.8, 4) is 6.07 Å². The molecule has 14 heteroatoms. The lowest BCUT2D eigenvalue weighted by molar-refractivity contribution is -0.135. The second kappa shape index (κ2) is 13.3. The number of nitrogens with zero attached hydrogens (tertiary/aromatic N) is 7. The van der Waals surface area contributed by atoms with Crippen LogP contribution in [0.2, 0.25) is 0 Å². The summed E-state index contributed by atoms with van der Waals surface area (Å²) in [5.41, 5.74) is 4.03. The predicted octanol–water partition coefficient (Wildman–Crippen LogP) is 5.21. The number of aryl methyl sites for hydroxylation is 1. The number of likely N-dealkylation sites (N-methyl/N-ethyl adjacent to an activating group) is 1. The number of amides is 1. The summed E-state index contributed by atoms with van der Waals surface area (Å²) in [6, 6.07) is 10.4. The summed E-state index contributed by atoms with van der Waals surface area (Å²) in [7, 11) is 3.53. The molecule has 0 spiro atoms. The Bertz CT molecular complexity index is 1820. The van der Waals surface area contributed by atoms with E-state index in [4.69, 9.17) is 0 Å². The highest BCUT2D eigenvalue weighted by Crippen LogP contribution is 2.35. The highest BCUT2D eigenvalue weighted by molar-refractivity contribution is 7.18. The maximum absolute atomic E-state index is 13.1. The van der Waals surface area contributed by atoms with Crippen molar-refractivity contribution in [2.75, 3.05) is 57.5 Å². The summed E-state index contributed by atoms with van der Waals surface area (Å²) >= 11 is 1.05. The molecule has 0 saturated carbocycles. The van der Waals surface area contributed by atoms with Gasteiger partial charge in [-0.2, -0.15) is 23.4 Å². The first-order chi connectivity index (χ1) is 22.4. The molecule has 250 valence electrons. The molecule has 3 aromatic heterocycles. The van der Waals surface area contributed by atoms with Crippen LogP contribution in [0.5, 0.6) is 0 Å². The zero-order valence-electron chi connectivity index (χ0n) is 27.1. The largest absolute Gasteiger partial charge is 0.393 e. The van der Waals surface area contributed by atoms with Crippen molar-refractivity contribution in [2.45, 2.75) is 64.5 Å². The first kappa shape index (κ1) is 33.0. The van der Waals surface area contributed by atoms with Crippen LogP contribution in [0.25, 0.3) is 21.1 Å². The number of anilines is 2. The van der Waals surface area contributed by atoms with E-state index in [1.165, 1.54) is 5.56 Å². The fourth-order valence-electron chi connectivity index (χ4n) is 6.66. The quantitative estimate of drug-likeness (QED) is 0.251. The van der Waals surface area contributed by atoms with Crippen molar-refractivity contribution in [2.24, 2.45) is 0 Å². The molecule has 5 heterocycles. The number of hydrogen-bond donors (Lipinski definition) is 2. The molecule has 10 nitrogen and oxygen atoms in total. The lowest BCUT2D eigenvalue weighted by Gasteiger charge is -2.36. The zero-order chi connectivity index (χ0) is 33.5. The van der Waals surface area contributed by atoms with Gasteiger partial charge in [-0.05, 0) is 56.0 Å². The van der Waals surface area contributed by atoms with E-state index in [1.54, 1.807) is 18.0 Å². The number of piperazine rings is 1. The minimum atomic E-state index is -4.28. The maximum Gasteiger partial charge on any atom is 0.393 e. The summed E-state index contributed by atoms with van der Waals surface area (Å²) in [5, 5.41) is 18.1. The summed E-state index contributed by atoms with van der Waals surface area (Å²) in [5.74, 6) is 1.06. The number of rotatable bonds is 9. The van der Waals surface area contributed by atoms with E-state index in [0.29, 0.717) is 47.3 Å². The van der Waals surface area contributed by atoms with Crippen molar-refractivity contribution < 1.29 is 18.0 Å². The number of benzene rings is 1. The van der Waals surface area contributed by atoms with Gasteiger partial charge in [0.15, 0.2) is 0 Å². The van der Waals surface area contributed by atoms with E-state index in [0.717, 1.165) is 66.8 Å². The van der Waals surface area contributed by atoms with E-state index in [2.05, 4.69) is 67.0 Å². The van der Waals surface area contributed by atoms with Gasteiger partial charge in [-0.25, -0.2) is 4.98 Å². The summed E-state index contributed by atoms with van der Waals surface area (Å²) in [4.78, 5) is 28.3. The first-order valence-corrected chi connectivity index (χ1v) is 16.8. The molecule has 0 unspecified atom stereocenters. The topological polar surface area (TPSA) is 105 Å². The van der Waals surface area contributed by atoms with Gasteiger partial charge in [-0.3, -0.25) is 14.6 Å². The maximum atomic E-state index is 13.1. The molecule has 2 aliphatic rings. The number of likely N-dealkylation sites (tertiary alicyclic amines) is 1. The molecule has 6 rings (SSSR count). The van der Waals surface area contributed by atoms with Gasteiger partial charge in [0.25, 0.3) is 0 Å². The average Bonchev–Trinajstić information content (AvgIpc) is 3.60. The molecule has 2 aliphatic heterocycles. The Kier molecular flexibility index (Phi) is 9.33. The molecule has 2 saturated heterocycles. The number of aromatic nitrogens is 3. The number of alkyl halides is 3. The van der Waals surface area contributed by atoms with Crippen molar-refractivity contribution in [3.63, 3.8) is 0 Å². The molecule has 2 N–H and O–H groups in total. The van der Waals surface area contributed by atoms with E-state index in [1.807, 2.05) is 13.1 Å². The standard InChI is InChI=1S/C33H40F3N9OS/c1-20(44-12-11-42(4)29(46)19-44)17-45-24(16-37)13-26-21(2)22(5-6-28(26)45)18-43-9-7-23(8-10-43)39-30-27-14-25(15-33(34,35)36)47-31(27)41-32(38-3)40-30/h5-6,13-14,20,23H,7-12,15,17-19H2,1-4H3,(H2,38,39,40,41)/t20-/m0/s1. The number of fused-ring (bicyclic) bond motifs is 2. The van der Waals surface area contributed by atoms with Gasteiger partial charge in [0, 0.05) is 81.2 Å². The molecular weight excluding hydrogens is 627 g/mol.